The number of hydrogen-bond donors (Lipinski definition) is 1. The van der Waals surface area contributed by atoms with Gasteiger partial charge in [0.1, 0.15) is 11.3 Å². The van der Waals surface area contributed by atoms with Crippen LogP contribution in [0.15, 0.2) is 18.2 Å². The summed E-state index contributed by atoms with van der Waals surface area (Å²) < 4.78 is 5.15. The quantitative estimate of drug-likeness (QED) is 0.612. The molecule has 0 saturated heterocycles. The zero-order valence-corrected chi connectivity index (χ0v) is 8.67. The molecule has 1 rings (SSSR count). The Balaban J connectivity index is 3.10. The number of carboxylic acids is 1. The van der Waals surface area contributed by atoms with Crippen molar-refractivity contribution in [1.82, 2.24) is 0 Å². The molecule has 1 aromatic carbocycles. The average Bonchev–Trinajstić information content (AvgIpc) is 2.25. The van der Waals surface area contributed by atoms with Crippen molar-refractivity contribution < 1.29 is 19.6 Å². The number of hydrogen-bond acceptors (Lipinski definition) is 4. The molecule has 0 bridgehead atoms. The first-order valence-corrected chi connectivity index (χ1v) is 4.70. The second kappa shape index (κ2) is 5.11. The van der Waals surface area contributed by atoms with Gasteiger partial charge < -0.3 is 9.84 Å². The predicted octanol–water partition coefficient (Wildman–Crippen LogP) is 2.08. The molecule has 0 spiro atoms. The van der Waals surface area contributed by atoms with Crippen LogP contribution >= 0.6 is 0 Å². The van der Waals surface area contributed by atoms with E-state index in [9.17, 15) is 14.9 Å². The van der Waals surface area contributed by atoms with E-state index < -0.39 is 10.9 Å². The maximum absolute atomic E-state index is 10.8. The third kappa shape index (κ3) is 2.69. The Morgan fingerprint density at radius 1 is 1.56 bits per heavy atom. The molecule has 0 atom stereocenters. The first kappa shape index (κ1) is 12.0. The lowest BCUT2D eigenvalue weighted by atomic mass is 10.2. The Morgan fingerprint density at radius 3 is 2.75 bits per heavy atom. The van der Waals surface area contributed by atoms with Crippen molar-refractivity contribution in [2.24, 2.45) is 0 Å². The summed E-state index contributed by atoms with van der Waals surface area (Å²) in [6.07, 6.45) is 0.696. The average molecular weight is 225 g/mol. The number of benzene rings is 1. The summed E-state index contributed by atoms with van der Waals surface area (Å²) in [5, 5.41) is 19.4. The van der Waals surface area contributed by atoms with E-state index in [2.05, 4.69) is 0 Å². The summed E-state index contributed by atoms with van der Waals surface area (Å²) >= 11 is 0. The van der Waals surface area contributed by atoms with Crippen LogP contribution in [0, 0.1) is 10.1 Å². The Morgan fingerprint density at radius 2 is 2.25 bits per heavy atom. The van der Waals surface area contributed by atoms with E-state index in [0.717, 1.165) is 12.1 Å². The molecule has 0 aliphatic rings. The Kier molecular flexibility index (Phi) is 3.82. The molecule has 0 fully saturated rings. The zero-order chi connectivity index (χ0) is 12.1. The van der Waals surface area contributed by atoms with E-state index in [4.69, 9.17) is 9.84 Å². The molecular weight excluding hydrogens is 214 g/mol. The number of aromatic carboxylic acids is 1. The zero-order valence-electron chi connectivity index (χ0n) is 8.67. The van der Waals surface area contributed by atoms with Crippen LogP contribution in [0.1, 0.15) is 23.7 Å². The maximum Gasteiger partial charge on any atom is 0.339 e. The molecule has 0 aliphatic heterocycles. The minimum absolute atomic E-state index is 0.0311. The molecule has 0 saturated carbocycles. The van der Waals surface area contributed by atoms with Gasteiger partial charge in [-0.3, -0.25) is 10.1 Å². The molecule has 0 amide bonds. The fourth-order valence-corrected chi connectivity index (χ4v) is 1.13. The second-order valence-corrected chi connectivity index (χ2v) is 3.09. The number of nitro groups is 1. The summed E-state index contributed by atoms with van der Waals surface area (Å²) in [5.74, 6) is -1.13. The fraction of sp³-hybridized carbons (Fsp3) is 0.300. The number of nitrogens with zero attached hydrogens (tertiary/aromatic N) is 1. The monoisotopic (exact) mass is 225 g/mol. The number of non-ortho nitro benzene ring substituents is 1. The molecule has 6 nitrogen and oxygen atoms in total. The molecule has 16 heavy (non-hydrogen) atoms. The van der Waals surface area contributed by atoms with Gasteiger partial charge in [-0.2, -0.15) is 0 Å². The lowest BCUT2D eigenvalue weighted by Gasteiger charge is -2.07. The maximum atomic E-state index is 10.8. The summed E-state index contributed by atoms with van der Waals surface area (Å²) in [6, 6.07) is 3.44. The van der Waals surface area contributed by atoms with Gasteiger partial charge >= 0.3 is 5.97 Å². The third-order valence-electron chi connectivity index (χ3n) is 1.87. The molecule has 6 heteroatoms. The molecular formula is C10H11NO5. The van der Waals surface area contributed by atoms with Crippen LogP contribution in [0.25, 0.3) is 0 Å². The second-order valence-electron chi connectivity index (χ2n) is 3.09. The highest BCUT2D eigenvalue weighted by atomic mass is 16.6. The molecule has 1 aromatic rings. The van der Waals surface area contributed by atoms with Crippen LogP contribution in [-0.2, 0) is 0 Å². The van der Waals surface area contributed by atoms with Gasteiger partial charge in [-0.25, -0.2) is 4.79 Å². The standard InChI is InChI=1S/C10H11NO5/c1-2-5-16-9-6-7(11(14)15)3-4-8(9)10(12)13/h3-4,6H,2,5H2,1H3,(H,12,13). The SMILES string of the molecule is CCCOc1cc([N+](=O)[O-])ccc1C(=O)O. The van der Waals surface area contributed by atoms with Gasteiger partial charge in [-0.15, -0.1) is 0 Å². The Hall–Kier alpha value is -2.11. The highest BCUT2D eigenvalue weighted by Crippen LogP contribution is 2.24. The van der Waals surface area contributed by atoms with Crippen LogP contribution in [0.5, 0.6) is 5.75 Å². The van der Waals surface area contributed by atoms with Crippen molar-refractivity contribution in [3.63, 3.8) is 0 Å². The number of rotatable bonds is 5. The van der Waals surface area contributed by atoms with Crippen molar-refractivity contribution in [2.75, 3.05) is 6.61 Å². The van der Waals surface area contributed by atoms with Crippen LogP contribution in [0.2, 0.25) is 0 Å². The highest BCUT2D eigenvalue weighted by molar-refractivity contribution is 5.91. The van der Waals surface area contributed by atoms with Crippen LogP contribution < -0.4 is 4.74 Å². The minimum Gasteiger partial charge on any atom is -0.492 e. The highest BCUT2D eigenvalue weighted by Gasteiger charge is 2.16. The lowest BCUT2D eigenvalue weighted by Crippen LogP contribution is -2.04. The number of carbonyl (C=O) groups is 1. The Labute approximate surface area is 91.6 Å². The van der Waals surface area contributed by atoms with Gasteiger partial charge in [0, 0.05) is 6.07 Å². The number of nitro benzene ring substituents is 1. The first-order chi connectivity index (χ1) is 7.56. The summed E-state index contributed by atoms with van der Waals surface area (Å²) in [5.41, 5.74) is -0.254. The van der Waals surface area contributed by atoms with Gasteiger partial charge in [0.05, 0.1) is 17.6 Å². The predicted molar refractivity (Wildman–Crippen MR) is 55.8 cm³/mol. The molecule has 86 valence electrons. The van der Waals surface area contributed by atoms with Crippen LogP contribution in [0.3, 0.4) is 0 Å². The molecule has 0 radical (unpaired) electrons. The van der Waals surface area contributed by atoms with E-state index >= 15 is 0 Å². The smallest absolute Gasteiger partial charge is 0.339 e. The minimum atomic E-state index is -1.17. The van der Waals surface area contributed by atoms with Crippen molar-refractivity contribution in [1.29, 1.82) is 0 Å². The third-order valence-corrected chi connectivity index (χ3v) is 1.87. The molecule has 0 aliphatic carbocycles. The fourth-order valence-electron chi connectivity index (χ4n) is 1.13. The van der Waals surface area contributed by atoms with Gasteiger partial charge in [-0.1, -0.05) is 6.92 Å². The summed E-state index contributed by atoms with van der Waals surface area (Å²) in [6.45, 7) is 2.18. The van der Waals surface area contributed by atoms with Gasteiger partial charge in [0.15, 0.2) is 0 Å². The molecule has 0 unspecified atom stereocenters. The van der Waals surface area contributed by atoms with Crippen LogP contribution in [-0.4, -0.2) is 22.6 Å². The van der Waals surface area contributed by atoms with Gasteiger partial charge in [0.25, 0.3) is 5.69 Å². The van der Waals surface area contributed by atoms with E-state index in [1.165, 1.54) is 6.07 Å². The van der Waals surface area contributed by atoms with Gasteiger partial charge in [0.2, 0.25) is 0 Å². The van der Waals surface area contributed by atoms with Crippen molar-refractivity contribution in [2.45, 2.75) is 13.3 Å². The Bertz CT molecular complexity index is 416. The van der Waals surface area contributed by atoms with Crippen molar-refractivity contribution in [3.05, 3.63) is 33.9 Å². The lowest BCUT2D eigenvalue weighted by molar-refractivity contribution is -0.384. The number of ether oxygens (including phenoxy) is 1. The first-order valence-electron chi connectivity index (χ1n) is 4.70. The van der Waals surface area contributed by atoms with Crippen molar-refractivity contribution >= 4 is 11.7 Å². The summed E-state index contributed by atoms with van der Waals surface area (Å²) in [7, 11) is 0. The van der Waals surface area contributed by atoms with E-state index in [0.29, 0.717) is 13.0 Å². The van der Waals surface area contributed by atoms with E-state index in [1.807, 2.05) is 6.92 Å². The molecule has 0 aromatic heterocycles. The molecule has 0 heterocycles. The normalized spacial score (nSPS) is 9.81. The summed E-state index contributed by atoms with van der Waals surface area (Å²) in [4.78, 5) is 20.7. The van der Waals surface area contributed by atoms with Gasteiger partial charge in [-0.05, 0) is 12.5 Å². The van der Waals surface area contributed by atoms with Crippen LogP contribution in [0.4, 0.5) is 5.69 Å². The largest absolute Gasteiger partial charge is 0.492 e. The van der Waals surface area contributed by atoms with Crippen molar-refractivity contribution in [3.8, 4) is 5.75 Å². The topological polar surface area (TPSA) is 89.7 Å². The van der Waals surface area contributed by atoms with E-state index in [1.54, 1.807) is 0 Å². The van der Waals surface area contributed by atoms with E-state index in [-0.39, 0.29) is 17.0 Å². The number of carboxylic acid groups (broad SMARTS) is 1. The molecule has 1 N–H and O–H groups in total.